The number of nitrogens with zero attached hydrogens (tertiary/aromatic N) is 3. The first-order valence-corrected chi connectivity index (χ1v) is 9.93. The Bertz CT molecular complexity index is 933. The first-order chi connectivity index (χ1) is 12.8. The Labute approximate surface area is 155 Å². The van der Waals surface area contributed by atoms with E-state index in [0.717, 1.165) is 47.2 Å². The molecule has 1 saturated carbocycles. The molecule has 1 aromatic carbocycles. The molecular weight excluding hydrogens is 347 g/mol. The topological polar surface area (TPSA) is 50.7 Å². The van der Waals surface area contributed by atoms with Crippen LogP contribution < -0.4 is 5.32 Å². The largest absolute Gasteiger partial charge is 0.362 e. The van der Waals surface area contributed by atoms with Crippen LogP contribution in [-0.4, -0.2) is 15.0 Å². The molecule has 26 heavy (non-hydrogen) atoms. The van der Waals surface area contributed by atoms with E-state index >= 15 is 0 Å². The lowest BCUT2D eigenvalue weighted by Crippen LogP contribution is -2.17. The van der Waals surface area contributed by atoms with E-state index in [4.69, 9.17) is 4.98 Å². The van der Waals surface area contributed by atoms with E-state index in [1.54, 1.807) is 23.5 Å². The predicted octanol–water partition coefficient (Wildman–Crippen LogP) is 5.11. The second kappa shape index (κ2) is 6.43. The van der Waals surface area contributed by atoms with Crippen LogP contribution in [-0.2, 0) is 6.42 Å². The van der Waals surface area contributed by atoms with Crippen molar-refractivity contribution in [3.05, 3.63) is 58.7 Å². The summed E-state index contributed by atoms with van der Waals surface area (Å²) in [7, 11) is 0. The van der Waals surface area contributed by atoms with Gasteiger partial charge in [-0.15, -0.1) is 11.3 Å². The average molecular weight is 366 g/mol. The number of nitrogens with one attached hydrogen (secondary N) is 1. The molecule has 0 saturated heterocycles. The third-order valence-corrected chi connectivity index (χ3v) is 6.16. The van der Waals surface area contributed by atoms with Gasteiger partial charge >= 0.3 is 0 Å². The summed E-state index contributed by atoms with van der Waals surface area (Å²) in [6, 6.07) is 8.69. The van der Waals surface area contributed by atoms with Crippen molar-refractivity contribution in [3.8, 4) is 10.6 Å². The summed E-state index contributed by atoms with van der Waals surface area (Å²) in [6.45, 7) is 0. The van der Waals surface area contributed by atoms with Crippen molar-refractivity contribution >= 4 is 17.2 Å². The van der Waals surface area contributed by atoms with Crippen molar-refractivity contribution in [2.24, 2.45) is 0 Å². The maximum absolute atomic E-state index is 13.2. The zero-order valence-electron chi connectivity index (χ0n) is 14.3. The molecule has 1 atom stereocenters. The van der Waals surface area contributed by atoms with Gasteiger partial charge in [0, 0.05) is 22.6 Å². The van der Waals surface area contributed by atoms with Crippen LogP contribution in [0, 0.1) is 5.82 Å². The van der Waals surface area contributed by atoms with Crippen molar-refractivity contribution in [2.75, 3.05) is 5.32 Å². The molecule has 132 valence electrons. The average Bonchev–Trinajstić information content (AvgIpc) is 3.42. The number of hydrogen-bond acceptors (Lipinski definition) is 5. The molecule has 0 amide bonds. The number of rotatable bonds is 4. The Morgan fingerprint density at radius 2 is 1.88 bits per heavy atom. The fourth-order valence-electron chi connectivity index (χ4n) is 3.45. The number of aromatic nitrogens is 3. The highest BCUT2D eigenvalue weighted by atomic mass is 32.1. The fraction of sp³-hybridized carbons (Fsp3) is 0.350. The van der Waals surface area contributed by atoms with Gasteiger partial charge in [-0.05, 0) is 62.4 Å². The molecule has 1 fully saturated rings. The van der Waals surface area contributed by atoms with Gasteiger partial charge in [0.15, 0.2) is 0 Å². The zero-order valence-corrected chi connectivity index (χ0v) is 15.1. The Morgan fingerprint density at radius 1 is 1.04 bits per heavy atom. The number of halogens is 1. The van der Waals surface area contributed by atoms with Crippen molar-refractivity contribution in [2.45, 2.75) is 44.1 Å². The van der Waals surface area contributed by atoms with Gasteiger partial charge in [-0.2, -0.15) is 0 Å². The molecule has 0 spiro atoms. The third kappa shape index (κ3) is 3.09. The van der Waals surface area contributed by atoms with E-state index in [2.05, 4.69) is 15.3 Å². The molecule has 2 aromatic heterocycles. The molecule has 2 heterocycles. The molecule has 0 aliphatic heterocycles. The highest BCUT2D eigenvalue weighted by Crippen LogP contribution is 2.40. The first kappa shape index (κ1) is 15.9. The van der Waals surface area contributed by atoms with Gasteiger partial charge in [-0.1, -0.05) is 0 Å². The van der Waals surface area contributed by atoms with Crippen molar-refractivity contribution in [3.63, 3.8) is 0 Å². The maximum atomic E-state index is 13.2. The SMILES string of the molecule is Fc1ccc(-c2nc3c(s2)CCCC3Nc2ccnc(C3CC3)n2)cc1. The summed E-state index contributed by atoms with van der Waals surface area (Å²) < 4.78 is 13.2. The summed E-state index contributed by atoms with van der Waals surface area (Å²) >= 11 is 1.72. The van der Waals surface area contributed by atoms with Crippen LogP contribution in [0.1, 0.15) is 54.0 Å². The van der Waals surface area contributed by atoms with E-state index in [1.807, 2.05) is 12.3 Å². The second-order valence-electron chi connectivity index (χ2n) is 7.00. The molecule has 2 aliphatic carbocycles. The van der Waals surface area contributed by atoms with Crippen LogP contribution >= 0.6 is 11.3 Å². The molecule has 1 N–H and O–H groups in total. The highest BCUT2D eigenvalue weighted by Gasteiger charge is 2.28. The van der Waals surface area contributed by atoms with Gasteiger partial charge in [0.2, 0.25) is 0 Å². The minimum Gasteiger partial charge on any atom is -0.362 e. The smallest absolute Gasteiger partial charge is 0.133 e. The summed E-state index contributed by atoms with van der Waals surface area (Å²) in [5, 5.41) is 4.53. The molecule has 5 rings (SSSR count). The summed E-state index contributed by atoms with van der Waals surface area (Å²) in [5.74, 6) is 2.17. The van der Waals surface area contributed by atoms with Gasteiger partial charge in [0.05, 0.1) is 11.7 Å². The maximum Gasteiger partial charge on any atom is 0.133 e. The molecule has 4 nitrogen and oxygen atoms in total. The number of thiazole rings is 1. The third-order valence-electron chi connectivity index (χ3n) is 4.98. The van der Waals surface area contributed by atoms with Crippen molar-refractivity contribution in [1.82, 2.24) is 15.0 Å². The van der Waals surface area contributed by atoms with Crippen LogP contribution in [0.15, 0.2) is 36.5 Å². The van der Waals surface area contributed by atoms with Gasteiger partial charge in [-0.3, -0.25) is 0 Å². The number of fused-ring (bicyclic) bond motifs is 1. The van der Waals surface area contributed by atoms with E-state index in [1.165, 1.54) is 29.9 Å². The van der Waals surface area contributed by atoms with Crippen LogP contribution in [0.2, 0.25) is 0 Å². The van der Waals surface area contributed by atoms with E-state index in [0.29, 0.717) is 5.92 Å². The Kier molecular flexibility index (Phi) is 3.93. The van der Waals surface area contributed by atoms with E-state index in [9.17, 15) is 4.39 Å². The molecule has 2 aliphatic rings. The summed E-state index contributed by atoms with van der Waals surface area (Å²) in [5.41, 5.74) is 2.09. The molecule has 3 aromatic rings. The number of anilines is 1. The number of aryl methyl sites for hydroxylation is 1. The Morgan fingerprint density at radius 3 is 2.69 bits per heavy atom. The predicted molar refractivity (Wildman–Crippen MR) is 101 cm³/mol. The fourth-order valence-corrected chi connectivity index (χ4v) is 4.62. The lowest BCUT2D eigenvalue weighted by Gasteiger charge is -2.22. The van der Waals surface area contributed by atoms with Crippen LogP contribution in [0.4, 0.5) is 10.2 Å². The number of benzene rings is 1. The Balaban J connectivity index is 1.42. The second-order valence-corrected chi connectivity index (χ2v) is 8.08. The molecule has 0 bridgehead atoms. The zero-order chi connectivity index (χ0) is 17.5. The van der Waals surface area contributed by atoms with Crippen molar-refractivity contribution < 1.29 is 4.39 Å². The molecular formula is C20H19FN4S. The van der Waals surface area contributed by atoms with Crippen LogP contribution in [0.5, 0.6) is 0 Å². The van der Waals surface area contributed by atoms with Gasteiger partial charge < -0.3 is 5.32 Å². The summed E-state index contributed by atoms with van der Waals surface area (Å²) in [4.78, 5) is 15.3. The quantitative estimate of drug-likeness (QED) is 0.697. The lowest BCUT2D eigenvalue weighted by atomic mass is 9.97. The minimum absolute atomic E-state index is 0.172. The molecule has 1 unspecified atom stereocenters. The normalized spacial score (nSPS) is 19.2. The van der Waals surface area contributed by atoms with Gasteiger partial charge in [-0.25, -0.2) is 19.3 Å². The van der Waals surface area contributed by atoms with Crippen LogP contribution in [0.25, 0.3) is 10.6 Å². The van der Waals surface area contributed by atoms with Gasteiger partial charge in [0.1, 0.15) is 22.5 Å². The van der Waals surface area contributed by atoms with Crippen molar-refractivity contribution in [1.29, 1.82) is 0 Å². The van der Waals surface area contributed by atoms with E-state index < -0.39 is 0 Å². The Hall–Kier alpha value is -2.34. The molecule has 0 radical (unpaired) electrons. The van der Waals surface area contributed by atoms with Crippen LogP contribution in [0.3, 0.4) is 0 Å². The highest BCUT2D eigenvalue weighted by molar-refractivity contribution is 7.15. The minimum atomic E-state index is -0.218. The molecule has 6 heteroatoms. The van der Waals surface area contributed by atoms with E-state index in [-0.39, 0.29) is 11.9 Å². The standard InChI is InChI=1S/C20H19FN4S/c21-14-8-6-13(7-9-14)20-25-18-15(2-1-3-16(18)26-20)23-17-10-11-22-19(24-17)12-4-5-12/h6-12,15H,1-5H2,(H,22,23,24). The summed E-state index contributed by atoms with van der Waals surface area (Å²) in [6.07, 6.45) is 7.48. The monoisotopic (exact) mass is 366 g/mol. The lowest BCUT2D eigenvalue weighted by molar-refractivity contribution is 0.592. The number of hydrogen-bond donors (Lipinski definition) is 1. The van der Waals surface area contributed by atoms with Gasteiger partial charge in [0.25, 0.3) is 0 Å². The first-order valence-electron chi connectivity index (χ1n) is 9.11.